The Morgan fingerprint density at radius 2 is 2.05 bits per heavy atom. The van der Waals surface area contributed by atoms with Crippen LogP contribution in [0.25, 0.3) is 0 Å². The van der Waals surface area contributed by atoms with Gasteiger partial charge < -0.3 is 15.2 Å². The van der Waals surface area contributed by atoms with Crippen LogP contribution in [0, 0.1) is 16.7 Å². The van der Waals surface area contributed by atoms with Gasteiger partial charge in [0.05, 0.1) is 25.2 Å². The van der Waals surface area contributed by atoms with Crippen molar-refractivity contribution in [3.8, 4) is 17.6 Å². The first-order chi connectivity index (χ1) is 9.89. The number of unbranched alkanes of at least 4 members (excludes halogenated alkanes) is 1. The Bertz CT molecular complexity index is 490. The van der Waals surface area contributed by atoms with Gasteiger partial charge in [0, 0.05) is 17.7 Å². The summed E-state index contributed by atoms with van der Waals surface area (Å²) in [4.78, 5) is 0. The third-order valence-corrected chi connectivity index (χ3v) is 3.47. The fraction of sp³-hybridized carbons (Fsp3) is 0.588. The van der Waals surface area contributed by atoms with Gasteiger partial charge >= 0.3 is 0 Å². The molecular formula is C17H26N2O2. The first-order valence-electron chi connectivity index (χ1n) is 7.37. The molecule has 0 radical (unpaired) electrons. The molecule has 21 heavy (non-hydrogen) atoms. The van der Waals surface area contributed by atoms with E-state index in [4.69, 9.17) is 20.5 Å². The normalized spacial score (nSPS) is 12.6. The molecule has 0 fully saturated rings. The van der Waals surface area contributed by atoms with Gasteiger partial charge in [-0.05, 0) is 46.1 Å². The number of rotatable bonds is 8. The Balaban J connectivity index is 2.53. The minimum Gasteiger partial charge on any atom is -0.497 e. The van der Waals surface area contributed by atoms with E-state index in [9.17, 15) is 0 Å². The number of methoxy groups -OCH3 is 1. The molecule has 1 aromatic carbocycles. The fourth-order valence-corrected chi connectivity index (χ4v) is 2.05. The minimum absolute atomic E-state index is 0.0802. The summed E-state index contributed by atoms with van der Waals surface area (Å²) in [6.45, 7) is 6.48. The molecule has 0 bridgehead atoms. The highest BCUT2D eigenvalue weighted by atomic mass is 16.5. The van der Waals surface area contributed by atoms with E-state index in [0.717, 1.165) is 36.3 Å². The third kappa shape index (κ3) is 5.65. The minimum atomic E-state index is -0.257. The van der Waals surface area contributed by atoms with E-state index in [-0.39, 0.29) is 11.5 Å². The van der Waals surface area contributed by atoms with Gasteiger partial charge in [-0.1, -0.05) is 6.07 Å². The quantitative estimate of drug-likeness (QED) is 0.739. The molecule has 0 amide bonds. The summed E-state index contributed by atoms with van der Waals surface area (Å²) >= 11 is 0. The van der Waals surface area contributed by atoms with Gasteiger partial charge in [-0.25, -0.2) is 0 Å². The Kier molecular flexibility index (Phi) is 6.51. The second kappa shape index (κ2) is 7.90. The van der Waals surface area contributed by atoms with E-state index < -0.39 is 0 Å². The highest BCUT2D eigenvalue weighted by molar-refractivity contribution is 5.42. The zero-order chi connectivity index (χ0) is 15.9. The molecule has 2 N–H and O–H groups in total. The molecule has 4 heteroatoms. The van der Waals surface area contributed by atoms with E-state index in [0.29, 0.717) is 6.61 Å². The van der Waals surface area contributed by atoms with Crippen molar-refractivity contribution >= 4 is 0 Å². The summed E-state index contributed by atoms with van der Waals surface area (Å²) in [5.74, 6) is 1.55. The largest absolute Gasteiger partial charge is 0.497 e. The van der Waals surface area contributed by atoms with Gasteiger partial charge in [-0.2, -0.15) is 5.26 Å². The van der Waals surface area contributed by atoms with Crippen molar-refractivity contribution in [2.24, 2.45) is 11.1 Å². The highest BCUT2D eigenvalue weighted by Gasteiger charge is 2.15. The van der Waals surface area contributed by atoms with Crippen LogP contribution in [0.15, 0.2) is 18.2 Å². The molecule has 0 aliphatic rings. The predicted octanol–water partition coefficient (Wildman–Crippen LogP) is 3.81. The van der Waals surface area contributed by atoms with E-state index in [2.05, 4.69) is 6.07 Å². The average molecular weight is 290 g/mol. The monoisotopic (exact) mass is 290 g/mol. The van der Waals surface area contributed by atoms with Crippen LogP contribution in [0.3, 0.4) is 0 Å². The van der Waals surface area contributed by atoms with E-state index in [1.165, 1.54) is 0 Å². The number of hydrogen-bond donors (Lipinski definition) is 1. The van der Waals surface area contributed by atoms with Crippen LogP contribution >= 0.6 is 0 Å². The SMILES string of the molecule is COc1ccc(C(C)N)c(OCCCCC(C)(C)C#N)c1. The van der Waals surface area contributed by atoms with E-state index >= 15 is 0 Å². The number of nitriles is 1. The van der Waals surface area contributed by atoms with Gasteiger partial charge in [-0.15, -0.1) is 0 Å². The zero-order valence-corrected chi connectivity index (χ0v) is 13.5. The van der Waals surface area contributed by atoms with E-state index in [1.807, 2.05) is 39.0 Å². The van der Waals surface area contributed by atoms with E-state index in [1.54, 1.807) is 7.11 Å². The number of hydrogen-bond acceptors (Lipinski definition) is 4. The molecule has 0 saturated carbocycles. The summed E-state index contributed by atoms with van der Waals surface area (Å²) in [5, 5.41) is 8.97. The third-order valence-electron chi connectivity index (χ3n) is 3.47. The maximum atomic E-state index is 8.97. The lowest BCUT2D eigenvalue weighted by Crippen LogP contribution is -2.10. The van der Waals surface area contributed by atoms with Crippen LogP contribution in [0.2, 0.25) is 0 Å². The second-order valence-corrected chi connectivity index (χ2v) is 5.99. The molecule has 0 aromatic heterocycles. The molecule has 1 rings (SSSR count). The lowest BCUT2D eigenvalue weighted by Gasteiger charge is -2.17. The Morgan fingerprint density at radius 1 is 1.33 bits per heavy atom. The van der Waals surface area contributed by atoms with Crippen LogP contribution in [0.1, 0.15) is 51.6 Å². The maximum Gasteiger partial charge on any atom is 0.127 e. The molecule has 1 atom stereocenters. The average Bonchev–Trinajstić information content (AvgIpc) is 2.46. The highest BCUT2D eigenvalue weighted by Crippen LogP contribution is 2.29. The first-order valence-corrected chi connectivity index (χ1v) is 7.37. The van der Waals surface area contributed by atoms with Crippen molar-refractivity contribution in [3.05, 3.63) is 23.8 Å². The van der Waals surface area contributed by atoms with Crippen LogP contribution in [0.4, 0.5) is 0 Å². The number of nitrogens with two attached hydrogens (primary N) is 1. The molecule has 1 aromatic rings. The number of ether oxygens (including phenoxy) is 2. The Morgan fingerprint density at radius 3 is 2.62 bits per heavy atom. The van der Waals surface area contributed by atoms with Crippen molar-refractivity contribution in [2.75, 3.05) is 13.7 Å². The van der Waals surface area contributed by atoms with Crippen molar-refractivity contribution in [2.45, 2.75) is 46.1 Å². The zero-order valence-electron chi connectivity index (χ0n) is 13.5. The van der Waals surface area contributed by atoms with Crippen molar-refractivity contribution in [1.29, 1.82) is 5.26 Å². The van der Waals surface area contributed by atoms with Gasteiger partial charge in [0.25, 0.3) is 0 Å². The number of benzene rings is 1. The van der Waals surface area contributed by atoms with Crippen LogP contribution in [-0.4, -0.2) is 13.7 Å². The molecule has 116 valence electrons. The molecule has 0 spiro atoms. The maximum absolute atomic E-state index is 8.97. The smallest absolute Gasteiger partial charge is 0.127 e. The summed E-state index contributed by atoms with van der Waals surface area (Å²) in [6, 6.07) is 7.94. The molecule has 0 saturated heterocycles. The molecule has 0 aliphatic heterocycles. The summed E-state index contributed by atoms with van der Waals surface area (Å²) in [6.07, 6.45) is 2.77. The summed E-state index contributed by atoms with van der Waals surface area (Å²) < 4.78 is 11.1. The van der Waals surface area contributed by atoms with Crippen molar-refractivity contribution in [3.63, 3.8) is 0 Å². The standard InChI is InChI=1S/C17H26N2O2/c1-13(19)15-8-7-14(20-4)11-16(15)21-10-6-5-9-17(2,3)12-18/h7-8,11,13H,5-6,9-10,19H2,1-4H3. The molecule has 0 aliphatic carbocycles. The predicted molar refractivity (Wildman–Crippen MR) is 84.3 cm³/mol. The van der Waals surface area contributed by atoms with Crippen molar-refractivity contribution in [1.82, 2.24) is 0 Å². The van der Waals surface area contributed by atoms with Gasteiger partial charge in [-0.3, -0.25) is 0 Å². The van der Waals surface area contributed by atoms with Crippen molar-refractivity contribution < 1.29 is 9.47 Å². The topological polar surface area (TPSA) is 68.3 Å². The van der Waals surface area contributed by atoms with Crippen LogP contribution in [-0.2, 0) is 0 Å². The molecule has 0 heterocycles. The first kappa shape index (κ1) is 17.3. The molecule has 4 nitrogen and oxygen atoms in total. The lowest BCUT2D eigenvalue weighted by atomic mass is 9.89. The molecular weight excluding hydrogens is 264 g/mol. The Hall–Kier alpha value is -1.73. The summed E-state index contributed by atoms with van der Waals surface area (Å²) in [7, 11) is 1.63. The van der Waals surface area contributed by atoms with Crippen LogP contribution < -0.4 is 15.2 Å². The fourth-order valence-electron chi connectivity index (χ4n) is 2.05. The molecule has 1 unspecified atom stereocenters. The van der Waals surface area contributed by atoms with Crippen LogP contribution in [0.5, 0.6) is 11.5 Å². The summed E-state index contributed by atoms with van der Waals surface area (Å²) in [5.41, 5.74) is 6.68. The number of nitrogens with zero attached hydrogens (tertiary/aromatic N) is 1. The van der Waals surface area contributed by atoms with Gasteiger partial charge in [0.15, 0.2) is 0 Å². The lowest BCUT2D eigenvalue weighted by molar-refractivity contribution is 0.289. The Labute approximate surface area is 127 Å². The second-order valence-electron chi connectivity index (χ2n) is 5.99. The van der Waals surface area contributed by atoms with Gasteiger partial charge in [0.1, 0.15) is 11.5 Å². The van der Waals surface area contributed by atoms with Gasteiger partial charge in [0.2, 0.25) is 0 Å².